The Morgan fingerprint density at radius 1 is 1.33 bits per heavy atom. The summed E-state index contributed by atoms with van der Waals surface area (Å²) in [5.74, 6) is 2.45. The van der Waals surface area contributed by atoms with Crippen molar-refractivity contribution < 1.29 is 9.90 Å². The first kappa shape index (κ1) is 16.1. The van der Waals surface area contributed by atoms with Crippen molar-refractivity contribution in [3.8, 4) is 5.75 Å². The Labute approximate surface area is 129 Å². The maximum absolute atomic E-state index is 11.9. The van der Waals surface area contributed by atoms with E-state index in [4.69, 9.17) is 5.73 Å². The number of nitrogens with one attached hydrogen (secondary N) is 1. The summed E-state index contributed by atoms with van der Waals surface area (Å²) in [7, 11) is 0. The van der Waals surface area contributed by atoms with Crippen molar-refractivity contribution in [2.45, 2.75) is 12.5 Å². The van der Waals surface area contributed by atoms with Crippen molar-refractivity contribution in [2.24, 2.45) is 5.73 Å². The zero-order chi connectivity index (χ0) is 15.1. The largest absolute Gasteiger partial charge is 0.508 e. The van der Waals surface area contributed by atoms with Crippen molar-refractivity contribution in [1.82, 2.24) is 10.2 Å². The third kappa shape index (κ3) is 5.57. The van der Waals surface area contributed by atoms with Gasteiger partial charge in [0.15, 0.2) is 0 Å². The third-order valence-electron chi connectivity index (χ3n) is 3.56. The smallest absolute Gasteiger partial charge is 0.237 e. The summed E-state index contributed by atoms with van der Waals surface area (Å²) in [6.45, 7) is 3.73. The van der Waals surface area contributed by atoms with Crippen LogP contribution in [0.2, 0.25) is 0 Å². The van der Waals surface area contributed by atoms with E-state index >= 15 is 0 Å². The second-order valence-corrected chi connectivity index (χ2v) is 6.45. The van der Waals surface area contributed by atoms with Gasteiger partial charge >= 0.3 is 0 Å². The molecule has 1 saturated heterocycles. The fourth-order valence-electron chi connectivity index (χ4n) is 2.27. The molecule has 4 N–H and O–H groups in total. The number of rotatable bonds is 6. The molecule has 0 bridgehead atoms. The fourth-order valence-corrected chi connectivity index (χ4v) is 3.25. The van der Waals surface area contributed by atoms with E-state index in [9.17, 15) is 9.90 Å². The summed E-state index contributed by atoms with van der Waals surface area (Å²) >= 11 is 1.98. The van der Waals surface area contributed by atoms with Gasteiger partial charge in [-0.3, -0.25) is 9.69 Å². The van der Waals surface area contributed by atoms with E-state index in [0.29, 0.717) is 13.0 Å². The molecule has 21 heavy (non-hydrogen) atoms. The molecule has 1 amide bonds. The van der Waals surface area contributed by atoms with Gasteiger partial charge in [-0.05, 0) is 24.1 Å². The SMILES string of the molecule is NC(Cc1ccc(O)cc1)C(=O)NCCN1CCSCC1. The van der Waals surface area contributed by atoms with Crippen LogP contribution in [0.25, 0.3) is 0 Å². The van der Waals surface area contributed by atoms with Gasteiger partial charge in [0.25, 0.3) is 0 Å². The predicted octanol–water partition coefficient (Wildman–Crippen LogP) is 0.427. The molecular formula is C15H23N3O2S. The molecule has 1 fully saturated rings. The van der Waals surface area contributed by atoms with Crippen LogP contribution in [-0.4, -0.2) is 59.6 Å². The molecule has 0 saturated carbocycles. The predicted molar refractivity (Wildman–Crippen MR) is 86.6 cm³/mol. The molecule has 1 aliphatic heterocycles. The minimum atomic E-state index is -0.550. The summed E-state index contributed by atoms with van der Waals surface area (Å²) in [5.41, 5.74) is 6.86. The highest BCUT2D eigenvalue weighted by Gasteiger charge is 2.15. The number of phenolic OH excluding ortho intramolecular Hbond substituents is 1. The third-order valence-corrected chi connectivity index (χ3v) is 4.50. The zero-order valence-corrected chi connectivity index (χ0v) is 12.9. The number of aromatic hydroxyl groups is 1. The number of hydrogen-bond donors (Lipinski definition) is 3. The molecule has 1 unspecified atom stereocenters. The summed E-state index contributed by atoms with van der Waals surface area (Å²) < 4.78 is 0. The molecule has 0 radical (unpaired) electrons. The molecule has 1 aromatic rings. The van der Waals surface area contributed by atoms with Gasteiger partial charge in [0, 0.05) is 37.7 Å². The molecular weight excluding hydrogens is 286 g/mol. The highest BCUT2D eigenvalue weighted by Crippen LogP contribution is 2.11. The number of nitrogens with two attached hydrogens (primary N) is 1. The highest BCUT2D eigenvalue weighted by molar-refractivity contribution is 7.99. The Bertz CT molecular complexity index is 447. The molecule has 2 rings (SSSR count). The van der Waals surface area contributed by atoms with Gasteiger partial charge in [-0.1, -0.05) is 12.1 Å². The molecule has 0 aromatic heterocycles. The Balaban J connectivity index is 1.68. The number of carbonyl (C=O) groups excluding carboxylic acids is 1. The standard InChI is InChI=1S/C15H23N3O2S/c16-14(11-12-1-3-13(19)4-2-12)15(20)17-5-6-18-7-9-21-10-8-18/h1-4,14,19H,5-11,16H2,(H,17,20). The van der Waals surface area contributed by atoms with Crippen molar-refractivity contribution >= 4 is 17.7 Å². The number of benzene rings is 1. The topological polar surface area (TPSA) is 78.6 Å². The summed E-state index contributed by atoms with van der Waals surface area (Å²) in [4.78, 5) is 14.3. The van der Waals surface area contributed by atoms with Crippen molar-refractivity contribution in [2.75, 3.05) is 37.7 Å². The summed E-state index contributed by atoms with van der Waals surface area (Å²) in [6, 6.07) is 6.23. The van der Waals surface area contributed by atoms with Crippen LogP contribution in [0.5, 0.6) is 5.75 Å². The van der Waals surface area contributed by atoms with Gasteiger partial charge in [0.2, 0.25) is 5.91 Å². The Kier molecular flexibility index (Phi) is 6.35. The lowest BCUT2D eigenvalue weighted by Crippen LogP contribution is -2.45. The highest BCUT2D eigenvalue weighted by atomic mass is 32.2. The van der Waals surface area contributed by atoms with E-state index in [2.05, 4.69) is 10.2 Å². The second kappa shape index (κ2) is 8.26. The van der Waals surface area contributed by atoms with Crippen molar-refractivity contribution in [1.29, 1.82) is 0 Å². The molecule has 1 aliphatic rings. The summed E-state index contributed by atoms with van der Waals surface area (Å²) in [6.07, 6.45) is 0.479. The quantitative estimate of drug-likeness (QED) is 0.710. The molecule has 0 spiro atoms. The van der Waals surface area contributed by atoms with Crippen molar-refractivity contribution in [3.63, 3.8) is 0 Å². The van der Waals surface area contributed by atoms with Crippen LogP contribution in [0, 0.1) is 0 Å². The van der Waals surface area contributed by atoms with Gasteiger partial charge < -0.3 is 16.2 Å². The first-order valence-corrected chi connectivity index (χ1v) is 8.42. The van der Waals surface area contributed by atoms with E-state index < -0.39 is 6.04 Å². The van der Waals surface area contributed by atoms with Crippen LogP contribution in [0.15, 0.2) is 24.3 Å². The number of phenols is 1. The molecule has 116 valence electrons. The Hall–Kier alpha value is -1.24. The van der Waals surface area contributed by atoms with Crippen molar-refractivity contribution in [3.05, 3.63) is 29.8 Å². The van der Waals surface area contributed by atoms with Gasteiger partial charge in [-0.15, -0.1) is 0 Å². The van der Waals surface area contributed by atoms with Crippen LogP contribution in [-0.2, 0) is 11.2 Å². The maximum Gasteiger partial charge on any atom is 0.237 e. The summed E-state index contributed by atoms with van der Waals surface area (Å²) in [5, 5.41) is 12.1. The van der Waals surface area contributed by atoms with Crippen LogP contribution >= 0.6 is 11.8 Å². The number of thioether (sulfide) groups is 1. The Morgan fingerprint density at radius 2 is 2.00 bits per heavy atom. The monoisotopic (exact) mass is 309 g/mol. The first-order chi connectivity index (χ1) is 10.1. The van der Waals surface area contributed by atoms with Crippen LogP contribution < -0.4 is 11.1 Å². The van der Waals surface area contributed by atoms with Crippen LogP contribution in [0.3, 0.4) is 0 Å². The van der Waals surface area contributed by atoms with Crippen LogP contribution in [0.4, 0.5) is 0 Å². The van der Waals surface area contributed by atoms with Crippen LogP contribution in [0.1, 0.15) is 5.56 Å². The molecule has 1 heterocycles. The average molecular weight is 309 g/mol. The van der Waals surface area contributed by atoms with Gasteiger partial charge in [-0.2, -0.15) is 11.8 Å². The molecule has 0 aliphatic carbocycles. The molecule has 6 heteroatoms. The first-order valence-electron chi connectivity index (χ1n) is 7.26. The van der Waals surface area contributed by atoms with Gasteiger partial charge in [0.1, 0.15) is 5.75 Å². The molecule has 5 nitrogen and oxygen atoms in total. The number of hydrogen-bond acceptors (Lipinski definition) is 5. The van der Waals surface area contributed by atoms with E-state index in [1.54, 1.807) is 24.3 Å². The zero-order valence-electron chi connectivity index (χ0n) is 12.1. The fraction of sp³-hybridized carbons (Fsp3) is 0.533. The number of amides is 1. The molecule has 1 atom stereocenters. The van der Waals surface area contributed by atoms with Gasteiger partial charge in [-0.25, -0.2) is 0 Å². The Morgan fingerprint density at radius 3 is 2.67 bits per heavy atom. The lowest BCUT2D eigenvalue weighted by Gasteiger charge is -2.26. The average Bonchev–Trinajstić information content (AvgIpc) is 2.50. The van der Waals surface area contributed by atoms with E-state index in [-0.39, 0.29) is 11.7 Å². The lowest BCUT2D eigenvalue weighted by atomic mass is 10.1. The second-order valence-electron chi connectivity index (χ2n) is 5.22. The lowest BCUT2D eigenvalue weighted by molar-refractivity contribution is -0.122. The molecule has 1 aromatic carbocycles. The maximum atomic E-state index is 11.9. The minimum absolute atomic E-state index is 0.116. The number of nitrogens with zero attached hydrogens (tertiary/aromatic N) is 1. The van der Waals surface area contributed by atoms with Gasteiger partial charge in [0.05, 0.1) is 6.04 Å². The van der Waals surface area contributed by atoms with E-state index in [1.165, 1.54) is 11.5 Å². The van der Waals surface area contributed by atoms with E-state index in [0.717, 1.165) is 25.2 Å². The van der Waals surface area contributed by atoms with E-state index in [1.807, 2.05) is 11.8 Å². The number of carbonyl (C=O) groups is 1. The normalized spacial score (nSPS) is 17.4. The minimum Gasteiger partial charge on any atom is -0.508 e.